The summed E-state index contributed by atoms with van der Waals surface area (Å²) in [5.74, 6) is -2.88. The van der Waals surface area contributed by atoms with Gasteiger partial charge in [-0.1, -0.05) is 12.1 Å². The minimum atomic E-state index is -5.08. The van der Waals surface area contributed by atoms with Crippen LogP contribution in [-0.2, 0) is 9.53 Å². The van der Waals surface area contributed by atoms with E-state index in [1.165, 1.54) is 0 Å². The smallest absolute Gasteiger partial charge is 0.475 e. The van der Waals surface area contributed by atoms with Crippen molar-refractivity contribution < 1.29 is 32.6 Å². The summed E-state index contributed by atoms with van der Waals surface area (Å²) in [5.41, 5.74) is 9.13. The second kappa shape index (κ2) is 12.4. The highest BCUT2D eigenvalue weighted by molar-refractivity contribution is 5.99. The Morgan fingerprint density at radius 2 is 1.66 bits per heavy atom. The number of pyridine rings is 1. The van der Waals surface area contributed by atoms with Gasteiger partial charge in [0.1, 0.15) is 17.5 Å². The number of anilines is 5. The average Bonchev–Trinajstić information content (AvgIpc) is 2.90. The van der Waals surface area contributed by atoms with Gasteiger partial charge in [-0.15, -0.1) is 0 Å². The van der Waals surface area contributed by atoms with Crippen LogP contribution in [0, 0.1) is 11.3 Å². The van der Waals surface area contributed by atoms with E-state index in [4.69, 9.17) is 20.4 Å². The maximum absolute atomic E-state index is 11.7. The maximum atomic E-state index is 11.7. The van der Waals surface area contributed by atoms with Crippen molar-refractivity contribution in [3.05, 3.63) is 71.9 Å². The number of carbonyl (C=O) groups is 2. The summed E-state index contributed by atoms with van der Waals surface area (Å²) in [6.45, 7) is 3.20. The zero-order chi connectivity index (χ0) is 27.7. The second-order valence-electron chi connectivity index (χ2n) is 7.80. The molecule has 13 heteroatoms. The first-order chi connectivity index (χ1) is 18.1. The zero-order valence-electron chi connectivity index (χ0n) is 19.8. The Morgan fingerprint density at radius 3 is 2.24 bits per heavy atom. The highest BCUT2D eigenvalue weighted by Gasteiger charge is 2.38. The molecular weight excluding hydrogens is 505 g/mol. The van der Waals surface area contributed by atoms with Gasteiger partial charge in [-0.25, -0.2) is 9.78 Å². The fourth-order valence-corrected chi connectivity index (χ4v) is 3.44. The monoisotopic (exact) mass is 528 g/mol. The number of primary amides is 1. The number of ether oxygens (including phenoxy) is 1. The van der Waals surface area contributed by atoms with E-state index in [-0.39, 0.29) is 0 Å². The first kappa shape index (κ1) is 27.8. The number of carbonyl (C=O) groups excluding carboxylic acids is 1. The van der Waals surface area contributed by atoms with E-state index >= 15 is 0 Å². The van der Waals surface area contributed by atoms with Crippen molar-refractivity contribution in [2.24, 2.45) is 5.73 Å². The number of alkyl halides is 3. The number of para-hydroxylation sites is 1. The molecule has 0 spiro atoms. The number of carboxylic acid groups (broad SMARTS) is 1. The van der Waals surface area contributed by atoms with Crippen LogP contribution in [0.25, 0.3) is 0 Å². The molecule has 0 aliphatic carbocycles. The predicted octanol–water partition coefficient (Wildman–Crippen LogP) is 4.01. The van der Waals surface area contributed by atoms with Crippen molar-refractivity contribution in [1.82, 2.24) is 4.98 Å². The van der Waals surface area contributed by atoms with Crippen molar-refractivity contribution in [2.75, 3.05) is 41.8 Å². The number of aromatic nitrogens is 1. The molecule has 1 aliphatic heterocycles. The number of hydrogen-bond acceptors (Lipinski definition) is 8. The van der Waals surface area contributed by atoms with Crippen LogP contribution < -0.4 is 21.3 Å². The molecule has 5 N–H and O–H groups in total. The quantitative estimate of drug-likeness (QED) is 0.372. The van der Waals surface area contributed by atoms with Crippen LogP contribution in [0.2, 0.25) is 0 Å². The van der Waals surface area contributed by atoms with Gasteiger partial charge in [0.15, 0.2) is 0 Å². The van der Waals surface area contributed by atoms with E-state index in [0.717, 1.165) is 37.7 Å². The lowest BCUT2D eigenvalue weighted by atomic mass is 10.1. The summed E-state index contributed by atoms with van der Waals surface area (Å²) < 4.78 is 37.1. The molecule has 3 aromatic rings. The topological polar surface area (TPSA) is 154 Å². The Balaban J connectivity index is 0.000000505. The van der Waals surface area contributed by atoms with Crippen LogP contribution in [0.15, 0.2) is 60.8 Å². The van der Waals surface area contributed by atoms with E-state index in [9.17, 15) is 23.2 Å². The fraction of sp³-hybridized carbons (Fsp3) is 0.200. The molecule has 38 heavy (non-hydrogen) atoms. The number of halogens is 3. The van der Waals surface area contributed by atoms with Gasteiger partial charge in [-0.3, -0.25) is 4.79 Å². The SMILES string of the molecule is N#Cc1c(Nc2ccccc2C(N)=O)ccnc1Nc1ccc(N2CCOCC2)cc1.O=C(O)C(F)(F)F. The Bertz CT molecular complexity index is 1320. The van der Waals surface area contributed by atoms with Crippen LogP contribution in [0.1, 0.15) is 15.9 Å². The van der Waals surface area contributed by atoms with Crippen molar-refractivity contribution >= 4 is 40.4 Å². The molecule has 2 aromatic carbocycles. The number of nitrogens with two attached hydrogens (primary N) is 1. The van der Waals surface area contributed by atoms with Gasteiger partial charge >= 0.3 is 12.1 Å². The molecule has 0 atom stereocenters. The molecule has 1 aliphatic rings. The third-order valence-corrected chi connectivity index (χ3v) is 5.27. The number of morpholine rings is 1. The molecule has 1 fully saturated rings. The predicted molar refractivity (Wildman–Crippen MR) is 134 cm³/mol. The highest BCUT2D eigenvalue weighted by atomic mass is 19.4. The Labute approximate surface area is 215 Å². The van der Waals surface area contributed by atoms with Crippen LogP contribution in [-0.4, -0.2) is 54.4 Å². The molecule has 0 bridgehead atoms. The fourth-order valence-electron chi connectivity index (χ4n) is 3.44. The molecule has 4 rings (SSSR count). The second-order valence-corrected chi connectivity index (χ2v) is 7.80. The summed E-state index contributed by atoms with van der Waals surface area (Å²) in [7, 11) is 0. The molecule has 0 saturated carbocycles. The lowest BCUT2D eigenvalue weighted by Gasteiger charge is -2.28. The molecule has 10 nitrogen and oxygen atoms in total. The zero-order valence-corrected chi connectivity index (χ0v) is 19.8. The van der Waals surface area contributed by atoms with E-state index in [1.807, 2.05) is 24.3 Å². The van der Waals surface area contributed by atoms with Gasteiger partial charge in [0.25, 0.3) is 5.91 Å². The molecule has 1 amide bonds. The summed E-state index contributed by atoms with van der Waals surface area (Å²) >= 11 is 0. The minimum absolute atomic E-state index is 0.332. The van der Waals surface area contributed by atoms with Crippen molar-refractivity contribution in [1.29, 1.82) is 5.26 Å². The number of hydrogen-bond donors (Lipinski definition) is 4. The van der Waals surface area contributed by atoms with Crippen molar-refractivity contribution in [3.8, 4) is 6.07 Å². The third kappa shape index (κ3) is 7.34. The van der Waals surface area contributed by atoms with Gasteiger partial charge < -0.3 is 31.1 Å². The number of nitriles is 1. The molecule has 1 aromatic heterocycles. The molecule has 0 radical (unpaired) electrons. The third-order valence-electron chi connectivity index (χ3n) is 5.27. The van der Waals surface area contributed by atoms with E-state index in [2.05, 4.69) is 26.6 Å². The number of nitrogens with zero attached hydrogens (tertiary/aromatic N) is 3. The number of rotatable bonds is 6. The standard InChI is InChI=1S/C23H22N6O2.C2HF3O2/c24-15-19-21(28-20-4-2-1-3-18(20)22(25)30)9-10-26-23(19)27-16-5-7-17(8-6-16)29-11-13-31-14-12-29;3-2(4,5)1(6)7/h1-10H,11-14H2,(H2,25,30)(H2,26,27,28);(H,6,7). The highest BCUT2D eigenvalue weighted by Crippen LogP contribution is 2.29. The van der Waals surface area contributed by atoms with Gasteiger partial charge in [-0.2, -0.15) is 18.4 Å². The van der Waals surface area contributed by atoms with Gasteiger partial charge in [-0.05, 0) is 42.5 Å². The first-order valence-corrected chi connectivity index (χ1v) is 11.1. The van der Waals surface area contributed by atoms with Crippen LogP contribution in [0.5, 0.6) is 0 Å². The van der Waals surface area contributed by atoms with E-state index in [1.54, 1.807) is 36.5 Å². The number of amides is 1. The van der Waals surface area contributed by atoms with Crippen molar-refractivity contribution in [2.45, 2.75) is 6.18 Å². The lowest BCUT2D eigenvalue weighted by molar-refractivity contribution is -0.192. The normalized spacial score (nSPS) is 12.9. The van der Waals surface area contributed by atoms with E-state index < -0.39 is 18.1 Å². The Kier molecular flexibility index (Phi) is 9.07. The summed E-state index contributed by atoms with van der Waals surface area (Å²) in [4.78, 5) is 27.2. The Hall–Kier alpha value is -4.83. The summed E-state index contributed by atoms with van der Waals surface area (Å²) in [5, 5.41) is 23.2. The minimum Gasteiger partial charge on any atom is -0.475 e. The largest absolute Gasteiger partial charge is 0.490 e. The van der Waals surface area contributed by atoms with Crippen LogP contribution >= 0.6 is 0 Å². The Morgan fingerprint density at radius 1 is 1.03 bits per heavy atom. The molecular formula is C25H23F3N6O4. The molecule has 0 unspecified atom stereocenters. The van der Waals surface area contributed by atoms with Crippen LogP contribution in [0.4, 0.5) is 41.7 Å². The van der Waals surface area contributed by atoms with Gasteiger partial charge in [0, 0.05) is 30.7 Å². The van der Waals surface area contributed by atoms with Gasteiger partial charge in [0.05, 0.1) is 30.2 Å². The molecule has 1 saturated heterocycles. The molecule has 2 heterocycles. The number of aliphatic carboxylic acids is 1. The maximum Gasteiger partial charge on any atom is 0.490 e. The average molecular weight is 528 g/mol. The first-order valence-electron chi connectivity index (χ1n) is 11.1. The number of nitrogens with one attached hydrogen (secondary N) is 2. The van der Waals surface area contributed by atoms with Crippen LogP contribution in [0.3, 0.4) is 0 Å². The van der Waals surface area contributed by atoms with Crippen molar-refractivity contribution in [3.63, 3.8) is 0 Å². The summed E-state index contributed by atoms with van der Waals surface area (Å²) in [6, 6.07) is 18.7. The number of carboxylic acids is 1. The lowest BCUT2D eigenvalue weighted by Crippen LogP contribution is -2.36. The van der Waals surface area contributed by atoms with E-state index in [0.29, 0.717) is 28.3 Å². The summed E-state index contributed by atoms with van der Waals surface area (Å²) in [6.07, 6.45) is -3.49. The van der Waals surface area contributed by atoms with Gasteiger partial charge in [0.2, 0.25) is 0 Å². The molecule has 198 valence electrons. The number of benzene rings is 2.